The molecule has 8 heteroatoms. The highest BCUT2D eigenvalue weighted by atomic mass is 19.4. The topological polar surface area (TPSA) is 56.5 Å². The van der Waals surface area contributed by atoms with Crippen LogP contribution >= 0.6 is 0 Å². The SMILES string of the molecule is CC(c1cnccn1)n1cc(-c2ccc(C(F)(F)F)cc2)nn1. The lowest BCUT2D eigenvalue weighted by atomic mass is 10.1. The first-order valence-electron chi connectivity index (χ1n) is 6.80. The average molecular weight is 319 g/mol. The Hall–Kier alpha value is -2.77. The lowest BCUT2D eigenvalue weighted by Crippen LogP contribution is -2.09. The molecule has 1 unspecified atom stereocenters. The number of hydrogen-bond acceptors (Lipinski definition) is 4. The second kappa shape index (κ2) is 5.79. The standard InChI is InChI=1S/C15H12F3N5/c1-10(13-8-19-6-7-20-13)23-9-14(21-22-23)11-2-4-12(5-3-11)15(16,17)18/h2-10H,1H3. The van der Waals surface area contributed by atoms with Gasteiger partial charge in [0.05, 0.1) is 29.7 Å². The number of alkyl halides is 3. The van der Waals surface area contributed by atoms with Crippen LogP contribution in [0.15, 0.2) is 49.1 Å². The lowest BCUT2D eigenvalue weighted by molar-refractivity contribution is -0.137. The summed E-state index contributed by atoms with van der Waals surface area (Å²) in [6, 6.07) is 4.63. The first-order valence-corrected chi connectivity index (χ1v) is 6.80. The highest BCUT2D eigenvalue weighted by Gasteiger charge is 2.30. The molecule has 0 saturated heterocycles. The first kappa shape index (κ1) is 15.1. The zero-order valence-corrected chi connectivity index (χ0v) is 12.1. The van der Waals surface area contributed by atoms with Crippen molar-refractivity contribution in [2.45, 2.75) is 19.1 Å². The van der Waals surface area contributed by atoms with E-state index in [9.17, 15) is 13.2 Å². The van der Waals surface area contributed by atoms with E-state index in [-0.39, 0.29) is 6.04 Å². The predicted molar refractivity (Wildman–Crippen MR) is 76.3 cm³/mol. The fraction of sp³-hybridized carbons (Fsp3) is 0.200. The van der Waals surface area contributed by atoms with Crippen LogP contribution in [0.3, 0.4) is 0 Å². The van der Waals surface area contributed by atoms with Crippen LogP contribution in [0.2, 0.25) is 0 Å². The third-order valence-corrected chi connectivity index (χ3v) is 3.43. The first-order chi connectivity index (χ1) is 10.9. The summed E-state index contributed by atoms with van der Waals surface area (Å²) >= 11 is 0. The average Bonchev–Trinajstić information content (AvgIpc) is 3.04. The molecule has 3 rings (SSSR count). The molecule has 0 fully saturated rings. The molecule has 5 nitrogen and oxygen atoms in total. The highest BCUT2D eigenvalue weighted by molar-refractivity contribution is 5.58. The van der Waals surface area contributed by atoms with E-state index < -0.39 is 11.7 Å². The van der Waals surface area contributed by atoms with Gasteiger partial charge in [-0.1, -0.05) is 17.3 Å². The molecule has 0 aliphatic carbocycles. The fourth-order valence-corrected chi connectivity index (χ4v) is 2.09. The quantitative estimate of drug-likeness (QED) is 0.743. The summed E-state index contributed by atoms with van der Waals surface area (Å²) in [7, 11) is 0. The van der Waals surface area contributed by atoms with Crippen molar-refractivity contribution in [2.24, 2.45) is 0 Å². The molecule has 0 aliphatic rings. The number of aromatic nitrogens is 5. The largest absolute Gasteiger partial charge is 0.416 e. The summed E-state index contributed by atoms with van der Waals surface area (Å²) in [6.45, 7) is 1.88. The molecule has 0 aliphatic heterocycles. The molecule has 23 heavy (non-hydrogen) atoms. The number of halogens is 3. The molecule has 0 saturated carbocycles. The molecular formula is C15H12F3N5. The molecule has 0 radical (unpaired) electrons. The minimum Gasteiger partial charge on any atom is -0.261 e. The molecule has 2 heterocycles. The normalized spacial score (nSPS) is 13.0. The Morgan fingerprint density at radius 3 is 2.43 bits per heavy atom. The maximum Gasteiger partial charge on any atom is 0.416 e. The molecule has 0 spiro atoms. The molecule has 1 aromatic carbocycles. The molecule has 0 amide bonds. The van der Waals surface area contributed by atoms with Crippen molar-refractivity contribution in [3.8, 4) is 11.3 Å². The highest BCUT2D eigenvalue weighted by Crippen LogP contribution is 2.30. The van der Waals surface area contributed by atoms with Crippen LogP contribution in [0.5, 0.6) is 0 Å². The predicted octanol–water partition coefficient (Wildman–Crippen LogP) is 3.36. The van der Waals surface area contributed by atoms with E-state index in [2.05, 4.69) is 20.3 Å². The van der Waals surface area contributed by atoms with Gasteiger partial charge in [0.2, 0.25) is 0 Å². The van der Waals surface area contributed by atoms with Gasteiger partial charge < -0.3 is 0 Å². The Morgan fingerprint density at radius 2 is 1.83 bits per heavy atom. The van der Waals surface area contributed by atoms with Crippen LogP contribution in [0.4, 0.5) is 13.2 Å². The van der Waals surface area contributed by atoms with Crippen molar-refractivity contribution in [3.05, 3.63) is 60.3 Å². The third-order valence-electron chi connectivity index (χ3n) is 3.43. The van der Waals surface area contributed by atoms with Crippen molar-refractivity contribution in [2.75, 3.05) is 0 Å². The van der Waals surface area contributed by atoms with Crippen molar-refractivity contribution < 1.29 is 13.2 Å². The van der Waals surface area contributed by atoms with Gasteiger partial charge in [0.15, 0.2) is 0 Å². The van der Waals surface area contributed by atoms with E-state index in [4.69, 9.17) is 0 Å². The Kier molecular flexibility index (Phi) is 3.81. The molecule has 0 N–H and O–H groups in total. The molecule has 1 atom stereocenters. The van der Waals surface area contributed by atoms with E-state index in [1.54, 1.807) is 29.5 Å². The van der Waals surface area contributed by atoms with E-state index in [1.165, 1.54) is 12.1 Å². The molecular weight excluding hydrogens is 307 g/mol. The van der Waals surface area contributed by atoms with E-state index >= 15 is 0 Å². The lowest BCUT2D eigenvalue weighted by Gasteiger charge is -2.09. The van der Waals surface area contributed by atoms with Crippen LogP contribution < -0.4 is 0 Å². The van der Waals surface area contributed by atoms with Crippen LogP contribution in [0.25, 0.3) is 11.3 Å². The Morgan fingerprint density at radius 1 is 1.09 bits per heavy atom. The van der Waals surface area contributed by atoms with Gasteiger partial charge in [-0.25, -0.2) is 4.68 Å². The monoisotopic (exact) mass is 319 g/mol. The van der Waals surface area contributed by atoms with Crippen molar-refractivity contribution in [3.63, 3.8) is 0 Å². The van der Waals surface area contributed by atoms with Crippen LogP contribution in [-0.2, 0) is 6.18 Å². The number of nitrogens with zero attached hydrogens (tertiary/aromatic N) is 5. The fourth-order valence-electron chi connectivity index (χ4n) is 2.09. The number of hydrogen-bond donors (Lipinski definition) is 0. The van der Waals surface area contributed by atoms with Gasteiger partial charge in [0, 0.05) is 18.0 Å². The zero-order valence-electron chi connectivity index (χ0n) is 12.1. The zero-order chi connectivity index (χ0) is 16.4. The molecule has 118 valence electrons. The van der Waals surface area contributed by atoms with Gasteiger partial charge in [0.1, 0.15) is 5.69 Å². The van der Waals surface area contributed by atoms with Crippen LogP contribution in [0.1, 0.15) is 24.2 Å². The van der Waals surface area contributed by atoms with E-state index in [0.29, 0.717) is 11.3 Å². The van der Waals surface area contributed by atoms with E-state index in [0.717, 1.165) is 17.8 Å². The Bertz CT molecular complexity index is 781. The Balaban J connectivity index is 1.85. The smallest absolute Gasteiger partial charge is 0.261 e. The summed E-state index contributed by atoms with van der Waals surface area (Å²) in [5.41, 5.74) is 1.09. The van der Waals surface area contributed by atoms with Crippen molar-refractivity contribution in [1.82, 2.24) is 25.0 Å². The van der Waals surface area contributed by atoms with Gasteiger partial charge in [-0.2, -0.15) is 13.2 Å². The van der Waals surface area contributed by atoms with Gasteiger partial charge in [-0.05, 0) is 19.1 Å². The summed E-state index contributed by atoms with van der Waals surface area (Å²) < 4.78 is 39.3. The van der Waals surface area contributed by atoms with Crippen LogP contribution in [0, 0.1) is 0 Å². The second-order valence-corrected chi connectivity index (χ2v) is 4.97. The van der Waals surface area contributed by atoms with E-state index in [1.807, 2.05) is 6.92 Å². The maximum absolute atomic E-state index is 12.6. The van der Waals surface area contributed by atoms with Gasteiger partial charge in [-0.3, -0.25) is 9.97 Å². The summed E-state index contributed by atoms with van der Waals surface area (Å²) in [6.07, 6.45) is 2.10. The molecule has 3 aromatic rings. The molecule has 0 bridgehead atoms. The number of rotatable bonds is 3. The molecule has 2 aromatic heterocycles. The second-order valence-electron chi connectivity index (χ2n) is 4.97. The van der Waals surface area contributed by atoms with Crippen LogP contribution in [-0.4, -0.2) is 25.0 Å². The third kappa shape index (κ3) is 3.20. The van der Waals surface area contributed by atoms with Gasteiger partial charge in [-0.15, -0.1) is 5.10 Å². The number of benzene rings is 1. The van der Waals surface area contributed by atoms with Gasteiger partial charge >= 0.3 is 6.18 Å². The maximum atomic E-state index is 12.6. The van der Waals surface area contributed by atoms with Crippen molar-refractivity contribution in [1.29, 1.82) is 0 Å². The summed E-state index contributed by atoms with van der Waals surface area (Å²) in [5, 5.41) is 8.03. The van der Waals surface area contributed by atoms with Gasteiger partial charge in [0.25, 0.3) is 0 Å². The van der Waals surface area contributed by atoms with Crippen molar-refractivity contribution >= 4 is 0 Å². The summed E-state index contributed by atoms with van der Waals surface area (Å²) in [4.78, 5) is 8.20. The summed E-state index contributed by atoms with van der Waals surface area (Å²) in [5.74, 6) is 0. The minimum atomic E-state index is -4.35. The minimum absolute atomic E-state index is 0.181. The Labute approximate surface area is 129 Å².